The maximum Gasteiger partial charge on any atom is 0.0463 e. The van der Waals surface area contributed by atoms with Crippen LogP contribution < -0.4 is 5.32 Å². The molecule has 0 aliphatic carbocycles. The third-order valence-electron chi connectivity index (χ3n) is 2.68. The molecule has 0 amide bonds. The van der Waals surface area contributed by atoms with Gasteiger partial charge in [0, 0.05) is 11.9 Å². The monoisotopic (exact) mass is 219 g/mol. The quantitative estimate of drug-likeness (QED) is 0.615. The fraction of sp³-hybridized carbons (Fsp3) is 1.00. The van der Waals surface area contributed by atoms with Crippen molar-refractivity contribution in [2.75, 3.05) is 13.1 Å². The van der Waals surface area contributed by atoms with Gasteiger partial charge in [-0.05, 0) is 24.8 Å². The molecule has 0 rings (SSSR count). The standard InChI is InChI=1S/C12H26ClN/c1-5-11(6-2)8-14-9-12(13)7-10(3)4/h10-12,14H,5-9H2,1-4H3. The van der Waals surface area contributed by atoms with Crippen molar-refractivity contribution in [2.24, 2.45) is 11.8 Å². The van der Waals surface area contributed by atoms with E-state index in [1.807, 2.05) is 0 Å². The highest BCUT2D eigenvalue weighted by Crippen LogP contribution is 2.10. The maximum absolute atomic E-state index is 6.18. The fourth-order valence-electron chi connectivity index (χ4n) is 1.62. The summed E-state index contributed by atoms with van der Waals surface area (Å²) in [5.74, 6) is 1.52. The zero-order chi connectivity index (χ0) is 11.0. The summed E-state index contributed by atoms with van der Waals surface area (Å²) in [5.41, 5.74) is 0. The Labute approximate surface area is 94.6 Å². The van der Waals surface area contributed by atoms with Crippen molar-refractivity contribution >= 4 is 11.6 Å². The van der Waals surface area contributed by atoms with Crippen LogP contribution in [0.5, 0.6) is 0 Å². The number of hydrogen-bond donors (Lipinski definition) is 1. The summed E-state index contributed by atoms with van der Waals surface area (Å²) in [6.07, 6.45) is 3.64. The molecule has 0 heterocycles. The Morgan fingerprint density at radius 2 is 1.64 bits per heavy atom. The number of rotatable bonds is 8. The normalized spacial score (nSPS) is 13.9. The Kier molecular flexibility index (Phi) is 8.70. The summed E-state index contributed by atoms with van der Waals surface area (Å²) in [6.45, 7) is 11.0. The molecule has 1 N–H and O–H groups in total. The zero-order valence-electron chi connectivity index (χ0n) is 10.1. The molecule has 1 atom stereocenters. The minimum atomic E-state index is 0.296. The van der Waals surface area contributed by atoms with Crippen LogP contribution in [-0.2, 0) is 0 Å². The van der Waals surface area contributed by atoms with E-state index in [4.69, 9.17) is 11.6 Å². The van der Waals surface area contributed by atoms with Gasteiger partial charge >= 0.3 is 0 Å². The van der Waals surface area contributed by atoms with E-state index in [1.165, 1.54) is 12.8 Å². The molecular formula is C12H26ClN. The summed E-state index contributed by atoms with van der Waals surface area (Å²) in [7, 11) is 0. The molecular weight excluding hydrogens is 194 g/mol. The van der Waals surface area contributed by atoms with Crippen LogP contribution in [0, 0.1) is 11.8 Å². The molecule has 1 nitrogen and oxygen atoms in total. The van der Waals surface area contributed by atoms with Crippen molar-refractivity contribution in [1.82, 2.24) is 5.32 Å². The topological polar surface area (TPSA) is 12.0 Å². The first-order valence-electron chi connectivity index (χ1n) is 5.94. The van der Waals surface area contributed by atoms with Gasteiger partial charge in [0.25, 0.3) is 0 Å². The first-order chi connectivity index (χ1) is 6.60. The van der Waals surface area contributed by atoms with Crippen LogP contribution >= 0.6 is 11.6 Å². The van der Waals surface area contributed by atoms with E-state index in [9.17, 15) is 0 Å². The molecule has 86 valence electrons. The van der Waals surface area contributed by atoms with Crippen LogP contribution in [0.3, 0.4) is 0 Å². The summed E-state index contributed by atoms with van der Waals surface area (Å²) < 4.78 is 0. The van der Waals surface area contributed by atoms with Crippen molar-refractivity contribution < 1.29 is 0 Å². The molecule has 0 saturated carbocycles. The van der Waals surface area contributed by atoms with Gasteiger partial charge in [0.15, 0.2) is 0 Å². The molecule has 1 unspecified atom stereocenters. The Morgan fingerprint density at radius 1 is 1.07 bits per heavy atom. The van der Waals surface area contributed by atoms with Gasteiger partial charge in [-0.25, -0.2) is 0 Å². The predicted octanol–water partition coefficient (Wildman–Crippen LogP) is 3.67. The molecule has 0 bridgehead atoms. The highest BCUT2D eigenvalue weighted by Gasteiger charge is 2.08. The molecule has 14 heavy (non-hydrogen) atoms. The van der Waals surface area contributed by atoms with E-state index in [0.29, 0.717) is 11.3 Å². The van der Waals surface area contributed by atoms with E-state index >= 15 is 0 Å². The lowest BCUT2D eigenvalue weighted by Gasteiger charge is -2.16. The predicted molar refractivity (Wildman–Crippen MR) is 66.0 cm³/mol. The lowest BCUT2D eigenvalue weighted by atomic mass is 10.0. The number of alkyl halides is 1. The lowest BCUT2D eigenvalue weighted by Crippen LogP contribution is -2.28. The van der Waals surface area contributed by atoms with Crippen LogP contribution in [0.2, 0.25) is 0 Å². The largest absolute Gasteiger partial charge is 0.315 e. The van der Waals surface area contributed by atoms with Crippen molar-refractivity contribution in [3.63, 3.8) is 0 Å². The van der Waals surface area contributed by atoms with Crippen LogP contribution in [0.15, 0.2) is 0 Å². The molecule has 0 spiro atoms. The first-order valence-corrected chi connectivity index (χ1v) is 6.38. The summed E-state index contributed by atoms with van der Waals surface area (Å²) in [4.78, 5) is 0. The smallest absolute Gasteiger partial charge is 0.0463 e. The van der Waals surface area contributed by atoms with Gasteiger partial charge < -0.3 is 5.32 Å². The molecule has 0 fully saturated rings. The molecule has 0 radical (unpaired) electrons. The fourth-order valence-corrected chi connectivity index (χ4v) is 2.08. The third kappa shape index (κ3) is 7.64. The van der Waals surface area contributed by atoms with Crippen LogP contribution in [0.25, 0.3) is 0 Å². The average molecular weight is 220 g/mol. The summed E-state index contributed by atoms with van der Waals surface area (Å²) in [6, 6.07) is 0. The molecule has 0 aliphatic rings. The van der Waals surface area contributed by atoms with E-state index in [-0.39, 0.29) is 0 Å². The second kappa shape index (κ2) is 8.55. The molecule has 2 heteroatoms. The zero-order valence-corrected chi connectivity index (χ0v) is 10.9. The minimum absolute atomic E-state index is 0.296. The van der Waals surface area contributed by atoms with Crippen molar-refractivity contribution in [3.05, 3.63) is 0 Å². The van der Waals surface area contributed by atoms with Crippen LogP contribution in [-0.4, -0.2) is 18.5 Å². The van der Waals surface area contributed by atoms with Gasteiger partial charge in [-0.2, -0.15) is 0 Å². The van der Waals surface area contributed by atoms with Gasteiger partial charge in [0.2, 0.25) is 0 Å². The SMILES string of the molecule is CCC(CC)CNCC(Cl)CC(C)C. The second-order valence-electron chi connectivity index (χ2n) is 4.57. The number of nitrogens with one attached hydrogen (secondary N) is 1. The van der Waals surface area contributed by atoms with E-state index in [0.717, 1.165) is 25.4 Å². The molecule has 0 aliphatic heterocycles. The molecule has 0 aromatic carbocycles. The van der Waals surface area contributed by atoms with Crippen LogP contribution in [0.4, 0.5) is 0 Å². The van der Waals surface area contributed by atoms with Gasteiger partial charge in [-0.15, -0.1) is 11.6 Å². The highest BCUT2D eigenvalue weighted by atomic mass is 35.5. The van der Waals surface area contributed by atoms with E-state index in [1.54, 1.807) is 0 Å². The first kappa shape index (κ1) is 14.2. The molecule has 0 saturated heterocycles. The Bertz CT molecular complexity index is 121. The Balaban J connectivity index is 3.42. The minimum Gasteiger partial charge on any atom is -0.315 e. The van der Waals surface area contributed by atoms with Gasteiger partial charge in [-0.3, -0.25) is 0 Å². The third-order valence-corrected chi connectivity index (χ3v) is 3.01. The Morgan fingerprint density at radius 3 is 2.07 bits per heavy atom. The molecule has 0 aromatic rings. The average Bonchev–Trinajstić information content (AvgIpc) is 2.11. The lowest BCUT2D eigenvalue weighted by molar-refractivity contribution is 0.439. The Hall–Kier alpha value is 0.250. The number of halogens is 1. The van der Waals surface area contributed by atoms with Gasteiger partial charge in [0.05, 0.1) is 0 Å². The number of hydrogen-bond acceptors (Lipinski definition) is 1. The van der Waals surface area contributed by atoms with Crippen molar-refractivity contribution in [3.8, 4) is 0 Å². The second-order valence-corrected chi connectivity index (χ2v) is 5.18. The van der Waals surface area contributed by atoms with Crippen molar-refractivity contribution in [1.29, 1.82) is 0 Å². The summed E-state index contributed by atoms with van der Waals surface area (Å²) >= 11 is 6.18. The van der Waals surface area contributed by atoms with Gasteiger partial charge in [0.1, 0.15) is 0 Å². The van der Waals surface area contributed by atoms with E-state index < -0.39 is 0 Å². The summed E-state index contributed by atoms with van der Waals surface area (Å²) in [5, 5.41) is 3.76. The van der Waals surface area contributed by atoms with Gasteiger partial charge in [-0.1, -0.05) is 40.5 Å². The van der Waals surface area contributed by atoms with Crippen molar-refractivity contribution in [2.45, 2.75) is 52.3 Å². The maximum atomic E-state index is 6.18. The van der Waals surface area contributed by atoms with E-state index in [2.05, 4.69) is 33.0 Å². The molecule has 0 aromatic heterocycles. The highest BCUT2D eigenvalue weighted by molar-refractivity contribution is 6.20. The van der Waals surface area contributed by atoms with Crippen LogP contribution in [0.1, 0.15) is 47.0 Å².